The molecular weight excluding hydrogens is 150 g/mol. The molecule has 0 spiro atoms. The van der Waals surface area contributed by atoms with Crippen molar-refractivity contribution in [3.63, 3.8) is 0 Å². The van der Waals surface area contributed by atoms with Gasteiger partial charge in [-0.15, -0.1) is 0 Å². The van der Waals surface area contributed by atoms with Gasteiger partial charge in [-0.1, -0.05) is 12.2 Å². The molecule has 1 aliphatic carbocycles. The van der Waals surface area contributed by atoms with Crippen LogP contribution in [0.1, 0.15) is 26.2 Å². The molecule has 0 aliphatic heterocycles. The lowest BCUT2D eigenvalue weighted by Crippen LogP contribution is -2.11. The molecule has 0 unspecified atom stereocenters. The summed E-state index contributed by atoms with van der Waals surface area (Å²) in [5.74, 6) is 0.150. The van der Waals surface area contributed by atoms with Gasteiger partial charge in [-0.05, 0) is 26.2 Å². The van der Waals surface area contributed by atoms with Crippen molar-refractivity contribution in [2.24, 2.45) is 0 Å². The monoisotopic (exact) mass is 165 g/mol. The summed E-state index contributed by atoms with van der Waals surface area (Å²) in [5.41, 5.74) is 1.92. The Morgan fingerprint density at radius 3 is 2.92 bits per heavy atom. The molecule has 1 aliphatic rings. The average Bonchev–Trinajstić information content (AvgIpc) is 2.27. The third-order valence-electron chi connectivity index (χ3n) is 2.09. The molecule has 0 amide bonds. The van der Waals surface area contributed by atoms with Crippen molar-refractivity contribution < 1.29 is 4.79 Å². The minimum atomic E-state index is 0.150. The number of hydrogen-bond donors (Lipinski definition) is 1. The highest BCUT2D eigenvalue weighted by atomic mass is 16.1. The van der Waals surface area contributed by atoms with Crippen LogP contribution in [0.3, 0.4) is 0 Å². The first-order valence-electron chi connectivity index (χ1n) is 4.34. The van der Waals surface area contributed by atoms with Crippen LogP contribution in [0.2, 0.25) is 0 Å². The predicted molar refractivity (Wildman–Crippen MR) is 49.8 cm³/mol. The Hall–Kier alpha value is -1.05. The summed E-state index contributed by atoms with van der Waals surface area (Å²) in [7, 11) is 1.87. The summed E-state index contributed by atoms with van der Waals surface area (Å²) < 4.78 is 0. The molecule has 0 fully saturated rings. The predicted octanol–water partition coefficient (Wildman–Crippen LogP) is 1.79. The summed E-state index contributed by atoms with van der Waals surface area (Å²) >= 11 is 0. The van der Waals surface area contributed by atoms with E-state index in [1.807, 2.05) is 13.1 Å². The van der Waals surface area contributed by atoms with Crippen molar-refractivity contribution in [2.45, 2.75) is 26.2 Å². The molecule has 2 heteroatoms. The van der Waals surface area contributed by atoms with Crippen LogP contribution >= 0.6 is 0 Å². The van der Waals surface area contributed by atoms with Gasteiger partial charge in [-0.2, -0.15) is 0 Å². The molecule has 66 valence electrons. The number of carbonyl (C=O) groups is 1. The molecule has 0 saturated carbocycles. The Morgan fingerprint density at radius 1 is 1.58 bits per heavy atom. The minimum absolute atomic E-state index is 0.150. The van der Waals surface area contributed by atoms with Crippen molar-refractivity contribution in [3.8, 4) is 0 Å². The number of rotatable bonds is 2. The van der Waals surface area contributed by atoms with Gasteiger partial charge >= 0.3 is 0 Å². The summed E-state index contributed by atoms with van der Waals surface area (Å²) in [6, 6.07) is 0. The van der Waals surface area contributed by atoms with Crippen LogP contribution in [-0.2, 0) is 4.79 Å². The van der Waals surface area contributed by atoms with Crippen molar-refractivity contribution in [1.29, 1.82) is 0 Å². The SMILES string of the molecule is CNC1=C(C(C)=O)C=CCCC1. The van der Waals surface area contributed by atoms with Crippen LogP contribution < -0.4 is 5.32 Å². The van der Waals surface area contributed by atoms with Gasteiger partial charge in [0.25, 0.3) is 0 Å². The molecule has 0 radical (unpaired) electrons. The fraction of sp³-hybridized carbons (Fsp3) is 0.500. The van der Waals surface area contributed by atoms with E-state index in [-0.39, 0.29) is 5.78 Å². The first-order valence-corrected chi connectivity index (χ1v) is 4.34. The number of nitrogens with one attached hydrogen (secondary N) is 1. The second kappa shape index (κ2) is 4.10. The zero-order chi connectivity index (χ0) is 8.97. The van der Waals surface area contributed by atoms with E-state index in [1.165, 1.54) is 0 Å². The molecule has 0 aromatic carbocycles. The summed E-state index contributed by atoms with van der Waals surface area (Å²) in [4.78, 5) is 11.2. The molecular formula is C10H15NO. The van der Waals surface area contributed by atoms with E-state index in [9.17, 15) is 4.79 Å². The molecule has 1 rings (SSSR count). The van der Waals surface area contributed by atoms with Crippen LogP contribution in [0.4, 0.5) is 0 Å². The van der Waals surface area contributed by atoms with Gasteiger partial charge in [-0.3, -0.25) is 4.79 Å². The number of allylic oxidation sites excluding steroid dienone is 4. The molecule has 0 heterocycles. The van der Waals surface area contributed by atoms with Gasteiger partial charge in [0, 0.05) is 18.3 Å². The molecule has 0 atom stereocenters. The van der Waals surface area contributed by atoms with E-state index >= 15 is 0 Å². The summed E-state index contributed by atoms with van der Waals surface area (Å²) in [6.07, 6.45) is 7.19. The third kappa shape index (κ3) is 1.97. The number of hydrogen-bond acceptors (Lipinski definition) is 2. The van der Waals surface area contributed by atoms with Crippen LogP contribution in [0.5, 0.6) is 0 Å². The molecule has 12 heavy (non-hydrogen) atoms. The number of ketones is 1. The molecule has 0 saturated heterocycles. The largest absolute Gasteiger partial charge is 0.391 e. The number of Topliss-reactive ketones (excluding diaryl/α,β-unsaturated/α-hetero) is 1. The minimum Gasteiger partial charge on any atom is -0.391 e. The zero-order valence-electron chi connectivity index (χ0n) is 7.68. The van der Waals surface area contributed by atoms with Gasteiger partial charge < -0.3 is 5.32 Å². The van der Waals surface area contributed by atoms with Gasteiger partial charge in [0.05, 0.1) is 0 Å². The first kappa shape index (κ1) is 9.04. The lowest BCUT2D eigenvalue weighted by Gasteiger charge is -2.07. The van der Waals surface area contributed by atoms with E-state index in [4.69, 9.17) is 0 Å². The molecule has 2 nitrogen and oxygen atoms in total. The highest BCUT2D eigenvalue weighted by molar-refractivity contribution is 5.96. The van der Waals surface area contributed by atoms with E-state index < -0.39 is 0 Å². The highest BCUT2D eigenvalue weighted by Gasteiger charge is 2.09. The Labute approximate surface area is 73.4 Å². The second-order valence-electron chi connectivity index (χ2n) is 2.99. The molecule has 0 aromatic rings. The van der Waals surface area contributed by atoms with Crippen molar-refractivity contribution >= 4 is 5.78 Å². The smallest absolute Gasteiger partial charge is 0.161 e. The lowest BCUT2D eigenvalue weighted by molar-refractivity contribution is -0.113. The van der Waals surface area contributed by atoms with Crippen LogP contribution in [-0.4, -0.2) is 12.8 Å². The quantitative estimate of drug-likeness (QED) is 0.676. The topological polar surface area (TPSA) is 29.1 Å². The van der Waals surface area contributed by atoms with Gasteiger partial charge in [0.1, 0.15) is 0 Å². The van der Waals surface area contributed by atoms with Crippen molar-refractivity contribution in [2.75, 3.05) is 7.05 Å². The van der Waals surface area contributed by atoms with E-state index in [1.54, 1.807) is 6.92 Å². The van der Waals surface area contributed by atoms with Crippen molar-refractivity contribution in [3.05, 3.63) is 23.4 Å². The summed E-state index contributed by atoms with van der Waals surface area (Å²) in [5, 5.41) is 3.08. The maximum Gasteiger partial charge on any atom is 0.161 e. The Bertz CT molecular complexity index is 238. The van der Waals surface area contributed by atoms with Crippen molar-refractivity contribution in [1.82, 2.24) is 5.32 Å². The number of carbonyl (C=O) groups excluding carboxylic acids is 1. The average molecular weight is 165 g/mol. The fourth-order valence-electron chi connectivity index (χ4n) is 1.42. The third-order valence-corrected chi connectivity index (χ3v) is 2.09. The molecule has 0 bridgehead atoms. The second-order valence-corrected chi connectivity index (χ2v) is 2.99. The standard InChI is InChI=1S/C10H15NO/c1-8(12)9-6-4-3-5-7-10(9)11-2/h4,6,11H,3,5,7H2,1-2H3. The van der Waals surface area contributed by atoms with Gasteiger partial charge in [0.15, 0.2) is 5.78 Å². The maximum absolute atomic E-state index is 11.2. The normalized spacial score (nSPS) is 17.5. The van der Waals surface area contributed by atoms with Gasteiger partial charge in [0.2, 0.25) is 0 Å². The Morgan fingerprint density at radius 2 is 2.33 bits per heavy atom. The Kier molecular flexibility index (Phi) is 3.09. The first-order chi connectivity index (χ1) is 5.75. The van der Waals surface area contributed by atoms with Gasteiger partial charge in [-0.25, -0.2) is 0 Å². The lowest BCUT2D eigenvalue weighted by atomic mass is 10.1. The fourth-order valence-corrected chi connectivity index (χ4v) is 1.42. The van der Waals surface area contributed by atoms with E-state index in [0.717, 1.165) is 30.5 Å². The highest BCUT2D eigenvalue weighted by Crippen LogP contribution is 2.16. The zero-order valence-corrected chi connectivity index (χ0v) is 7.68. The molecule has 0 aromatic heterocycles. The van der Waals surface area contributed by atoms with E-state index in [0.29, 0.717) is 0 Å². The molecule has 1 N–H and O–H groups in total. The Balaban J connectivity index is 2.94. The van der Waals surface area contributed by atoms with Crippen LogP contribution in [0.25, 0.3) is 0 Å². The summed E-state index contributed by atoms with van der Waals surface area (Å²) in [6.45, 7) is 1.61. The maximum atomic E-state index is 11.2. The van der Waals surface area contributed by atoms with E-state index in [2.05, 4.69) is 11.4 Å². The van der Waals surface area contributed by atoms with Crippen LogP contribution in [0, 0.1) is 0 Å². The van der Waals surface area contributed by atoms with Crippen LogP contribution in [0.15, 0.2) is 23.4 Å².